The normalized spacial score (nSPS) is 20.9. The van der Waals surface area contributed by atoms with Gasteiger partial charge in [-0.1, -0.05) is 30.3 Å². The van der Waals surface area contributed by atoms with Gasteiger partial charge in [-0.3, -0.25) is 0 Å². The molecule has 0 bridgehead atoms. The second kappa shape index (κ2) is 5.17. The summed E-state index contributed by atoms with van der Waals surface area (Å²) in [5, 5.41) is 10.6. The van der Waals surface area contributed by atoms with Crippen molar-refractivity contribution >= 4 is 0 Å². The van der Waals surface area contributed by atoms with Crippen LogP contribution in [0.15, 0.2) is 42.5 Å². The van der Waals surface area contributed by atoms with Gasteiger partial charge in [-0.2, -0.15) is 0 Å². The Balaban J connectivity index is 1.99. The van der Waals surface area contributed by atoms with Gasteiger partial charge in [0.05, 0.1) is 25.7 Å². The Labute approximate surface area is 118 Å². The maximum Gasteiger partial charge on any atom is 0.125 e. The molecule has 0 amide bonds. The number of ether oxygens (including phenoxy) is 2. The van der Waals surface area contributed by atoms with Gasteiger partial charge in [-0.25, -0.2) is 0 Å². The number of fused-ring (bicyclic) bond motifs is 1. The van der Waals surface area contributed by atoms with Crippen LogP contribution in [0.5, 0.6) is 11.5 Å². The predicted octanol–water partition coefficient (Wildman–Crippen LogP) is 3.21. The lowest BCUT2D eigenvalue weighted by Gasteiger charge is -2.31. The number of aliphatic hydroxyl groups excluding tert-OH is 1. The van der Waals surface area contributed by atoms with E-state index in [-0.39, 0.29) is 5.92 Å². The van der Waals surface area contributed by atoms with E-state index in [2.05, 4.69) is 0 Å². The molecule has 1 aliphatic heterocycles. The van der Waals surface area contributed by atoms with Crippen molar-refractivity contribution in [1.29, 1.82) is 0 Å². The molecule has 20 heavy (non-hydrogen) atoms. The lowest BCUT2D eigenvalue weighted by molar-refractivity contribution is 0.0877. The van der Waals surface area contributed by atoms with Gasteiger partial charge >= 0.3 is 0 Å². The van der Waals surface area contributed by atoms with Crippen molar-refractivity contribution in [2.75, 3.05) is 13.7 Å². The first-order valence-corrected chi connectivity index (χ1v) is 6.75. The standard InChI is InChI=1S/C17H18O3/c1-11-7-8-13-16(9-11)20-10-14(17(13)18)12-5-3-4-6-15(12)19-2/h3-9,14,17-18H,10H2,1-2H3. The molecule has 0 aromatic heterocycles. The lowest BCUT2D eigenvalue weighted by atomic mass is 9.86. The largest absolute Gasteiger partial charge is 0.496 e. The molecule has 0 radical (unpaired) electrons. The molecule has 1 N–H and O–H groups in total. The first-order valence-electron chi connectivity index (χ1n) is 6.75. The fourth-order valence-corrected chi connectivity index (χ4v) is 2.73. The van der Waals surface area contributed by atoms with Crippen LogP contribution in [0.4, 0.5) is 0 Å². The van der Waals surface area contributed by atoms with Crippen LogP contribution < -0.4 is 9.47 Å². The van der Waals surface area contributed by atoms with Gasteiger partial charge in [0, 0.05) is 11.1 Å². The van der Waals surface area contributed by atoms with Gasteiger partial charge < -0.3 is 14.6 Å². The molecule has 2 aromatic rings. The fourth-order valence-electron chi connectivity index (χ4n) is 2.73. The summed E-state index contributed by atoms with van der Waals surface area (Å²) in [4.78, 5) is 0. The van der Waals surface area contributed by atoms with Crippen molar-refractivity contribution in [3.63, 3.8) is 0 Å². The van der Waals surface area contributed by atoms with Gasteiger partial charge in [-0.05, 0) is 24.6 Å². The van der Waals surface area contributed by atoms with E-state index in [9.17, 15) is 5.11 Å². The monoisotopic (exact) mass is 270 g/mol. The maximum atomic E-state index is 10.6. The molecule has 3 nitrogen and oxygen atoms in total. The molecule has 0 saturated carbocycles. The number of methoxy groups -OCH3 is 1. The highest BCUT2D eigenvalue weighted by molar-refractivity contribution is 5.45. The van der Waals surface area contributed by atoms with Crippen LogP contribution in [0, 0.1) is 6.92 Å². The SMILES string of the molecule is COc1ccccc1C1COc2cc(C)ccc2C1O. The van der Waals surface area contributed by atoms with E-state index in [0.717, 1.165) is 28.2 Å². The second-order valence-corrected chi connectivity index (χ2v) is 5.15. The van der Waals surface area contributed by atoms with Crippen LogP contribution in [-0.2, 0) is 0 Å². The molecule has 0 saturated heterocycles. The summed E-state index contributed by atoms with van der Waals surface area (Å²) in [6.07, 6.45) is -0.573. The first-order chi connectivity index (χ1) is 9.70. The Hall–Kier alpha value is -2.00. The van der Waals surface area contributed by atoms with Crippen molar-refractivity contribution in [1.82, 2.24) is 0 Å². The number of rotatable bonds is 2. The number of hydrogen-bond donors (Lipinski definition) is 1. The Morgan fingerprint density at radius 1 is 1.15 bits per heavy atom. The minimum absolute atomic E-state index is 0.110. The van der Waals surface area contributed by atoms with Crippen LogP contribution >= 0.6 is 0 Å². The molecule has 1 heterocycles. The van der Waals surface area contributed by atoms with Crippen LogP contribution in [0.2, 0.25) is 0 Å². The Kier molecular flexibility index (Phi) is 3.36. The summed E-state index contributed by atoms with van der Waals surface area (Å²) >= 11 is 0. The summed E-state index contributed by atoms with van der Waals surface area (Å²) in [5.74, 6) is 1.46. The summed E-state index contributed by atoms with van der Waals surface area (Å²) in [7, 11) is 1.65. The van der Waals surface area contributed by atoms with Gasteiger partial charge in [0.1, 0.15) is 11.5 Å². The number of benzene rings is 2. The van der Waals surface area contributed by atoms with Crippen molar-refractivity contribution in [2.24, 2.45) is 0 Å². The molecule has 0 fully saturated rings. The van der Waals surface area contributed by atoms with Gasteiger partial charge in [-0.15, -0.1) is 0 Å². The number of aryl methyl sites for hydroxylation is 1. The van der Waals surface area contributed by atoms with Crippen molar-refractivity contribution in [3.05, 3.63) is 59.2 Å². The average Bonchev–Trinajstić information content (AvgIpc) is 2.47. The lowest BCUT2D eigenvalue weighted by Crippen LogP contribution is -2.24. The van der Waals surface area contributed by atoms with Crippen LogP contribution in [0.1, 0.15) is 28.7 Å². The molecule has 104 valence electrons. The van der Waals surface area contributed by atoms with E-state index < -0.39 is 6.10 Å². The van der Waals surface area contributed by atoms with Crippen LogP contribution in [-0.4, -0.2) is 18.8 Å². The minimum Gasteiger partial charge on any atom is -0.496 e. The maximum absolute atomic E-state index is 10.6. The van der Waals surface area contributed by atoms with Crippen molar-refractivity contribution in [3.8, 4) is 11.5 Å². The molecular weight excluding hydrogens is 252 g/mol. The van der Waals surface area contributed by atoms with Gasteiger partial charge in [0.15, 0.2) is 0 Å². The van der Waals surface area contributed by atoms with E-state index in [1.165, 1.54) is 0 Å². The molecule has 2 aromatic carbocycles. The third-order valence-electron chi connectivity index (χ3n) is 3.83. The Morgan fingerprint density at radius 3 is 2.75 bits per heavy atom. The molecule has 0 aliphatic carbocycles. The predicted molar refractivity (Wildman–Crippen MR) is 77.4 cm³/mol. The zero-order chi connectivity index (χ0) is 14.1. The Bertz CT molecular complexity index is 621. The zero-order valence-electron chi connectivity index (χ0n) is 11.7. The van der Waals surface area contributed by atoms with Crippen LogP contribution in [0.25, 0.3) is 0 Å². The smallest absolute Gasteiger partial charge is 0.125 e. The number of hydrogen-bond acceptors (Lipinski definition) is 3. The van der Waals surface area contributed by atoms with Crippen molar-refractivity contribution in [2.45, 2.75) is 18.9 Å². The molecule has 2 atom stereocenters. The van der Waals surface area contributed by atoms with E-state index in [0.29, 0.717) is 6.61 Å². The second-order valence-electron chi connectivity index (χ2n) is 5.15. The zero-order valence-corrected chi connectivity index (χ0v) is 11.7. The summed E-state index contributed by atoms with van der Waals surface area (Å²) in [5.41, 5.74) is 2.96. The van der Waals surface area contributed by atoms with Crippen LogP contribution in [0.3, 0.4) is 0 Å². The highest BCUT2D eigenvalue weighted by Crippen LogP contribution is 2.43. The molecule has 2 unspecified atom stereocenters. The average molecular weight is 270 g/mol. The van der Waals surface area contributed by atoms with Gasteiger partial charge in [0.25, 0.3) is 0 Å². The van der Waals surface area contributed by atoms with E-state index in [1.54, 1.807) is 7.11 Å². The minimum atomic E-state index is -0.573. The molecule has 0 spiro atoms. The summed E-state index contributed by atoms with van der Waals surface area (Å²) < 4.78 is 11.2. The summed E-state index contributed by atoms with van der Waals surface area (Å²) in [6, 6.07) is 13.7. The highest BCUT2D eigenvalue weighted by Gasteiger charge is 2.32. The number of para-hydroxylation sites is 1. The van der Waals surface area contributed by atoms with Gasteiger partial charge in [0.2, 0.25) is 0 Å². The summed E-state index contributed by atoms with van der Waals surface area (Å²) in [6.45, 7) is 2.47. The highest BCUT2D eigenvalue weighted by atomic mass is 16.5. The quantitative estimate of drug-likeness (QED) is 0.910. The molecule has 3 rings (SSSR count). The third-order valence-corrected chi connectivity index (χ3v) is 3.83. The Morgan fingerprint density at radius 2 is 1.95 bits per heavy atom. The third kappa shape index (κ3) is 2.14. The van der Waals surface area contributed by atoms with E-state index >= 15 is 0 Å². The molecular formula is C17H18O3. The first kappa shape index (κ1) is 13.0. The fraction of sp³-hybridized carbons (Fsp3) is 0.294. The topological polar surface area (TPSA) is 38.7 Å². The molecule has 1 aliphatic rings. The van der Waals surface area contributed by atoms with E-state index in [4.69, 9.17) is 9.47 Å². The van der Waals surface area contributed by atoms with Crippen molar-refractivity contribution < 1.29 is 14.6 Å². The number of aliphatic hydroxyl groups is 1. The van der Waals surface area contributed by atoms with E-state index in [1.807, 2.05) is 49.4 Å². The molecule has 3 heteroatoms.